The van der Waals surface area contributed by atoms with E-state index in [-0.39, 0.29) is 11.9 Å². The number of amides is 1. The van der Waals surface area contributed by atoms with Gasteiger partial charge in [-0.3, -0.25) is 9.78 Å². The van der Waals surface area contributed by atoms with Gasteiger partial charge in [0, 0.05) is 12.4 Å². The van der Waals surface area contributed by atoms with Crippen LogP contribution in [-0.4, -0.2) is 21.1 Å². The minimum atomic E-state index is -0.175. The summed E-state index contributed by atoms with van der Waals surface area (Å²) in [5.74, 6) is 0.339. The van der Waals surface area contributed by atoms with Crippen LogP contribution in [0.25, 0.3) is 0 Å². The number of carbonyl (C=O) groups is 1. The molecule has 0 radical (unpaired) electrons. The molecule has 0 saturated heterocycles. The van der Waals surface area contributed by atoms with Gasteiger partial charge in [0.25, 0.3) is 5.91 Å². The van der Waals surface area contributed by atoms with E-state index >= 15 is 0 Å². The number of hydrogen-bond donors (Lipinski definition) is 1. The smallest absolute Gasteiger partial charge is 0.272 e. The number of hydrogen-bond acceptors (Lipinski definition) is 4. The highest BCUT2D eigenvalue weighted by atomic mass is 16.2. The van der Waals surface area contributed by atoms with Crippen molar-refractivity contribution in [3.8, 4) is 0 Å². The van der Waals surface area contributed by atoms with Crippen LogP contribution in [0.2, 0.25) is 0 Å². The van der Waals surface area contributed by atoms with Crippen LogP contribution in [0.3, 0.4) is 0 Å². The van der Waals surface area contributed by atoms with E-state index in [2.05, 4.69) is 20.5 Å². The monoisotopic (exact) mass is 268 g/mol. The molecule has 0 aromatic carbocycles. The molecule has 0 bridgehead atoms. The number of rotatable bonds is 4. The second-order valence-corrected chi connectivity index (χ2v) is 5.13. The molecule has 20 heavy (non-hydrogen) atoms. The summed E-state index contributed by atoms with van der Waals surface area (Å²) in [6, 6.07) is 7.43. The molecule has 1 N–H and O–H groups in total. The lowest BCUT2D eigenvalue weighted by molar-refractivity contribution is 0.0925. The zero-order valence-corrected chi connectivity index (χ0v) is 11.3. The third-order valence-electron chi connectivity index (χ3n) is 3.48. The molecule has 5 nitrogen and oxygen atoms in total. The van der Waals surface area contributed by atoms with Gasteiger partial charge in [0.15, 0.2) is 5.69 Å². The van der Waals surface area contributed by atoms with Crippen molar-refractivity contribution >= 4 is 5.91 Å². The Labute approximate surface area is 117 Å². The first-order valence-corrected chi connectivity index (χ1v) is 6.75. The summed E-state index contributed by atoms with van der Waals surface area (Å²) in [7, 11) is 0. The normalized spacial score (nSPS) is 15.7. The molecule has 2 heterocycles. The summed E-state index contributed by atoms with van der Waals surface area (Å²) in [4.78, 5) is 16.3. The Morgan fingerprint density at radius 2 is 1.95 bits per heavy atom. The number of aromatic nitrogens is 3. The van der Waals surface area contributed by atoms with Crippen molar-refractivity contribution in [2.75, 3.05) is 0 Å². The van der Waals surface area contributed by atoms with Gasteiger partial charge in [0.05, 0.1) is 11.7 Å². The van der Waals surface area contributed by atoms with Crippen LogP contribution in [0.5, 0.6) is 0 Å². The van der Waals surface area contributed by atoms with Crippen molar-refractivity contribution in [1.29, 1.82) is 0 Å². The van der Waals surface area contributed by atoms with Gasteiger partial charge in [-0.2, -0.15) is 5.10 Å². The van der Waals surface area contributed by atoms with Crippen molar-refractivity contribution in [3.63, 3.8) is 0 Å². The van der Waals surface area contributed by atoms with Crippen LogP contribution in [0.4, 0.5) is 0 Å². The first-order chi connectivity index (χ1) is 9.74. The van der Waals surface area contributed by atoms with E-state index in [4.69, 9.17) is 0 Å². The second kappa shape index (κ2) is 5.36. The molecule has 2 aromatic heterocycles. The summed E-state index contributed by atoms with van der Waals surface area (Å²) < 4.78 is 0. The topological polar surface area (TPSA) is 67.8 Å². The quantitative estimate of drug-likeness (QED) is 0.921. The van der Waals surface area contributed by atoms with Crippen molar-refractivity contribution in [2.24, 2.45) is 5.92 Å². The lowest BCUT2D eigenvalue weighted by Crippen LogP contribution is -2.30. The predicted molar refractivity (Wildman–Crippen MR) is 73.9 cm³/mol. The van der Waals surface area contributed by atoms with Gasteiger partial charge in [-0.1, -0.05) is 0 Å². The van der Waals surface area contributed by atoms with Crippen molar-refractivity contribution < 1.29 is 4.79 Å². The van der Waals surface area contributed by atoms with Crippen molar-refractivity contribution in [2.45, 2.75) is 25.8 Å². The SMILES string of the molecule is Cc1ccc(C(=O)NC(c2ccncc2)C2CC2)nn1. The molecule has 1 saturated carbocycles. The predicted octanol–water partition coefficient (Wildman–Crippen LogP) is 2.06. The van der Waals surface area contributed by atoms with Gasteiger partial charge in [0.1, 0.15) is 0 Å². The molecule has 5 heteroatoms. The number of aryl methyl sites for hydroxylation is 1. The van der Waals surface area contributed by atoms with E-state index in [1.165, 1.54) is 0 Å². The molecule has 0 aliphatic heterocycles. The third-order valence-corrected chi connectivity index (χ3v) is 3.48. The van der Waals surface area contributed by atoms with Crippen LogP contribution in [-0.2, 0) is 0 Å². The van der Waals surface area contributed by atoms with Crippen LogP contribution < -0.4 is 5.32 Å². The maximum atomic E-state index is 12.2. The average molecular weight is 268 g/mol. The molecule has 0 spiro atoms. The molecule has 1 fully saturated rings. The molecule has 1 amide bonds. The molecule has 102 valence electrons. The largest absolute Gasteiger partial charge is 0.344 e. The minimum Gasteiger partial charge on any atom is -0.344 e. The highest BCUT2D eigenvalue weighted by Crippen LogP contribution is 2.40. The first-order valence-electron chi connectivity index (χ1n) is 6.75. The van der Waals surface area contributed by atoms with Crippen molar-refractivity contribution in [1.82, 2.24) is 20.5 Å². The molecule has 1 unspecified atom stereocenters. The molecule has 1 aliphatic rings. The summed E-state index contributed by atoms with van der Waals surface area (Å²) in [5.41, 5.74) is 2.25. The zero-order chi connectivity index (χ0) is 13.9. The van der Waals surface area contributed by atoms with Crippen LogP contribution >= 0.6 is 0 Å². The number of pyridine rings is 1. The number of nitrogens with one attached hydrogen (secondary N) is 1. The fraction of sp³-hybridized carbons (Fsp3) is 0.333. The van der Waals surface area contributed by atoms with Crippen molar-refractivity contribution in [3.05, 3.63) is 53.6 Å². The molecular formula is C15H16N4O. The fourth-order valence-corrected chi connectivity index (χ4v) is 2.21. The lowest BCUT2D eigenvalue weighted by atomic mass is 10.0. The first kappa shape index (κ1) is 12.7. The second-order valence-electron chi connectivity index (χ2n) is 5.13. The highest BCUT2D eigenvalue weighted by molar-refractivity contribution is 5.92. The average Bonchev–Trinajstić information content (AvgIpc) is 3.31. The Balaban J connectivity index is 1.77. The van der Waals surface area contributed by atoms with E-state index in [9.17, 15) is 4.79 Å². The van der Waals surface area contributed by atoms with E-state index < -0.39 is 0 Å². The van der Waals surface area contributed by atoms with Crippen LogP contribution in [0.1, 0.15) is 40.6 Å². The van der Waals surface area contributed by atoms with Crippen LogP contribution in [0.15, 0.2) is 36.7 Å². The Hall–Kier alpha value is -2.30. The molecule has 3 rings (SSSR count). The van der Waals surface area contributed by atoms with Gasteiger partial charge in [-0.05, 0) is 55.5 Å². The molecule has 2 aromatic rings. The van der Waals surface area contributed by atoms with Gasteiger partial charge in [-0.15, -0.1) is 5.10 Å². The van der Waals surface area contributed by atoms with Gasteiger partial charge in [0.2, 0.25) is 0 Å². The lowest BCUT2D eigenvalue weighted by Gasteiger charge is -2.18. The molecule has 1 aliphatic carbocycles. The summed E-state index contributed by atoms with van der Waals surface area (Å²) in [6.07, 6.45) is 5.80. The van der Waals surface area contributed by atoms with Gasteiger partial charge in [-0.25, -0.2) is 0 Å². The van der Waals surface area contributed by atoms with Gasteiger partial charge >= 0.3 is 0 Å². The maximum absolute atomic E-state index is 12.2. The molecular weight excluding hydrogens is 252 g/mol. The Morgan fingerprint density at radius 1 is 1.20 bits per heavy atom. The number of carbonyl (C=O) groups excluding carboxylic acids is 1. The highest BCUT2D eigenvalue weighted by Gasteiger charge is 2.33. The van der Waals surface area contributed by atoms with E-state index in [0.29, 0.717) is 11.6 Å². The summed E-state index contributed by atoms with van der Waals surface area (Å²) in [5, 5.41) is 10.9. The summed E-state index contributed by atoms with van der Waals surface area (Å²) >= 11 is 0. The van der Waals surface area contributed by atoms with E-state index in [1.54, 1.807) is 24.5 Å². The molecule has 1 atom stereocenters. The van der Waals surface area contributed by atoms with E-state index in [0.717, 1.165) is 24.1 Å². The minimum absolute atomic E-state index is 0.0357. The fourth-order valence-electron chi connectivity index (χ4n) is 2.21. The third kappa shape index (κ3) is 2.82. The Kier molecular flexibility index (Phi) is 3.41. The maximum Gasteiger partial charge on any atom is 0.272 e. The Morgan fingerprint density at radius 3 is 2.55 bits per heavy atom. The van der Waals surface area contributed by atoms with E-state index in [1.807, 2.05) is 19.1 Å². The van der Waals surface area contributed by atoms with Gasteiger partial charge < -0.3 is 5.32 Å². The standard InChI is InChI=1S/C15H16N4O/c1-10-2-5-13(19-18-10)15(20)17-14(11-3-4-11)12-6-8-16-9-7-12/h2,5-9,11,14H,3-4H2,1H3,(H,17,20). The summed E-state index contributed by atoms with van der Waals surface area (Å²) in [6.45, 7) is 1.85. The Bertz CT molecular complexity index is 593. The zero-order valence-electron chi connectivity index (χ0n) is 11.3. The number of nitrogens with zero attached hydrogens (tertiary/aromatic N) is 3. The van der Waals surface area contributed by atoms with Crippen LogP contribution in [0, 0.1) is 12.8 Å².